The van der Waals surface area contributed by atoms with Crippen molar-refractivity contribution in [3.8, 4) is 0 Å². The zero-order valence-electron chi connectivity index (χ0n) is 10.1. The van der Waals surface area contributed by atoms with Gasteiger partial charge in [-0.25, -0.2) is 0 Å². The van der Waals surface area contributed by atoms with Crippen LogP contribution in [0, 0.1) is 6.92 Å². The lowest BCUT2D eigenvalue weighted by atomic mass is 10.1. The highest BCUT2D eigenvalue weighted by Gasteiger charge is 1.95. The second-order valence-corrected chi connectivity index (χ2v) is 4.04. The molecule has 0 saturated carbocycles. The molecule has 2 heteroatoms. The van der Waals surface area contributed by atoms with Gasteiger partial charge >= 0.3 is 0 Å². The van der Waals surface area contributed by atoms with Crippen molar-refractivity contribution >= 4 is 11.4 Å². The third-order valence-corrected chi connectivity index (χ3v) is 2.60. The van der Waals surface area contributed by atoms with Gasteiger partial charge in [-0.2, -0.15) is 5.10 Å². The van der Waals surface area contributed by atoms with Gasteiger partial charge in [0.25, 0.3) is 0 Å². The van der Waals surface area contributed by atoms with Crippen LogP contribution in [0.25, 0.3) is 0 Å². The van der Waals surface area contributed by atoms with Crippen molar-refractivity contribution in [2.75, 3.05) is 5.43 Å². The van der Waals surface area contributed by atoms with Gasteiger partial charge in [0.05, 0.1) is 11.4 Å². The number of aryl methyl sites for hydroxylation is 1. The van der Waals surface area contributed by atoms with Crippen LogP contribution in [0.5, 0.6) is 0 Å². The molecule has 0 aromatic heterocycles. The maximum Gasteiger partial charge on any atom is 0.0648 e. The van der Waals surface area contributed by atoms with E-state index in [1.807, 2.05) is 37.3 Å². The zero-order chi connectivity index (χ0) is 12.1. The minimum atomic E-state index is 0.978. The molecular formula is C15H16N2. The molecule has 0 radical (unpaired) electrons. The van der Waals surface area contributed by atoms with E-state index in [9.17, 15) is 0 Å². The van der Waals surface area contributed by atoms with Crippen molar-refractivity contribution in [3.05, 3.63) is 65.7 Å². The molecule has 0 fully saturated rings. The van der Waals surface area contributed by atoms with Crippen LogP contribution in [-0.2, 0) is 0 Å². The number of hydrogen-bond donors (Lipinski definition) is 1. The molecule has 86 valence electrons. The molecule has 17 heavy (non-hydrogen) atoms. The van der Waals surface area contributed by atoms with Gasteiger partial charge in [-0.15, -0.1) is 0 Å². The maximum atomic E-state index is 4.36. The summed E-state index contributed by atoms with van der Waals surface area (Å²) in [4.78, 5) is 0. The Hall–Kier alpha value is -2.09. The molecule has 0 saturated heterocycles. The number of hydrazone groups is 1. The fourth-order valence-corrected chi connectivity index (χ4v) is 1.52. The van der Waals surface area contributed by atoms with Crippen LogP contribution in [0.1, 0.15) is 18.1 Å². The summed E-state index contributed by atoms with van der Waals surface area (Å²) in [5, 5.41) is 4.36. The molecule has 0 atom stereocenters. The summed E-state index contributed by atoms with van der Waals surface area (Å²) in [7, 11) is 0. The highest BCUT2D eigenvalue weighted by atomic mass is 15.3. The third kappa shape index (κ3) is 3.18. The fourth-order valence-electron chi connectivity index (χ4n) is 1.52. The number of anilines is 1. The predicted molar refractivity (Wildman–Crippen MR) is 73.5 cm³/mol. The van der Waals surface area contributed by atoms with Gasteiger partial charge in [0.1, 0.15) is 0 Å². The molecule has 1 N–H and O–H groups in total. The second-order valence-electron chi connectivity index (χ2n) is 4.04. The van der Waals surface area contributed by atoms with Crippen molar-refractivity contribution in [3.63, 3.8) is 0 Å². The lowest BCUT2D eigenvalue weighted by Crippen LogP contribution is -1.99. The van der Waals surface area contributed by atoms with Crippen LogP contribution in [-0.4, -0.2) is 5.71 Å². The fraction of sp³-hybridized carbons (Fsp3) is 0.133. The van der Waals surface area contributed by atoms with Gasteiger partial charge < -0.3 is 0 Å². The second kappa shape index (κ2) is 5.30. The molecule has 0 aliphatic heterocycles. The summed E-state index contributed by atoms with van der Waals surface area (Å²) in [6.45, 7) is 4.07. The van der Waals surface area contributed by atoms with Gasteiger partial charge in [0.15, 0.2) is 0 Å². The topological polar surface area (TPSA) is 24.4 Å². The molecule has 0 heterocycles. The highest BCUT2D eigenvalue weighted by molar-refractivity contribution is 5.98. The quantitative estimate of drug-likeness (QED) is 0.622. The Morgan fingerprint density at radius 1 is 0.941 bits per heavy atom. The van der Waals surface area contributed by atoms with Gasteiger partial charge in [0, 0.05) is 0 Å². The molecule has 0 unspecified atom stereocenters. The van der Waals surface area contributed by atoms with Crippen molar-refractivity contribution in [1.82, 2.24) is 0 Å². The molecule has 2 aromatic rings. The van der Waals surface area contributed by atoms with E-state index in [0.717, 1.165) is 17.0 Å². The van der Waals surface area contributed by atoms with Crippen LogP contribution in [0.3, 0.4) is 0 Å². The van der Waals surface area contributed by atoms with Crippen LogP contribution in [0.15, 0.2) is 59.7 Å². The average Bonchev–Trinajstić information content (AvgIpc) is 2.39. The Morgan fingerprint density at radius 3 is 2.24 bits per heavy atom. The van der Waals surface area contributed by atoms with E-state index >= 15 is 0 Å². The number of nitrogens with one attached hydrogen (secondary N) is 1. The predicted octanol–water partition coefficient (Wildman–Crippen LogP) is 3.83. The molecule has 0 aliphatic carbocycles. The first-order valence-electron chi connectivity index (χ1n) is 5.68. The maximum absolute atomic E-state index is 4.36. The Kier molecular flexibility index (Phi) is 3.55. The average molecular weight is 224 g/mol. The number of benzene rings is 2. The van der Waals surface area contributed by atoms with Crippen LogP contribution in [0.4, 0.5) is 5.69 Å². The Labute approximate surface area is 102 Å². The molecular weight excluding hydrogens is 208 g/mol. The highest BCUT2D eigenvalue weighted by Crippen LogP contribution is 2.09. The summed E-state index contributed by atoms with van der Waals surface area (Å²) in [6.07, 6.45) is 0. The molecule has 0 bridgehead atoms. The van der Waals surface area contributed by atoms with E-state index in [0.29, 0.717) is 0 Å². The molecule has 0 amide bonds. The zero-order valence-corrected chi connectivity index (χ0v) is 10.1. The van der Waals surface area contributed by atoms with Crippen molar-refractivity contribution in [1.29, 1.82) is 0 Å². The Balaban J connectivity index is 2.08. The minimum absolute atomic E-state index is 0.978. The third-order valence-electron chi connectivity index (χ3n) is 2.60. The molecule has 2 rings (SSSR count). The summed E-state index contributed by atoms with van der Waals surface area (Å²) in [5.74, 6) is 0. The number of nitrogens with zero attached hydrogens (tertiary/aromatic N) is 1. The van der Waals surface area contributed by atoms with Gasteiger partial charge in [-0.3, -0.25) is 5.43 Å². The molecule has 0 spiro atoms. The summed E-state index contributed by atoms with van der Waals surface area (Å²) in [6, 6.07) is 18.3. The summed E-state index contributed by atoms with van der Waals surface area (Å²) < 4.78 is 0. The van der Waals surface area contributed by atoms with E-state index in [2.05, 4.69) is 41.7 Å². The van der Waals surface area contributed by atoms with E-state index < -0.39 is 0 Å². The van der Waals surface area contributed by atoms with E-state index in [4.69, 9.17) is 0 Å². The van der Waals surface area contributed by atoms with Gasteiger partial charge in [0.2, 0.25) is 0 Å². The summed E-state index contributed by atoms with van der Waals surface area (Å²) in [5.41, 5.74) is 7.42. The summed E-state index contributed by atoms with van der Waals surface area (Å²) >= 11 is 0. The van der Waals surface area contributed by atoms with Crippen LogP contribution >= 0.6 is 0 Å². The van der Waals surface area contributed by atoms with E-state index in [1.54, 1.807) is 0 Å². The lowest BCUT2D eigenvalue weighted by molar-refractivity contribution is 1.31. The first kappa shape index (κ1) is 11.4. The lowest BCUT2D eigenvalue weighted by Gasteiger charge is -2.03. The molecule has 2 aromatic carbocycles. The largest absolute Gasteiger partial charge is 0.278 e. The van der Waals surface area contributed by atoms with Gasteiger partial charge in [-0.05, 0) is 31.5 Å². The van der Waals surface area contributed by atoms with E-state index in [-0.39, 0.29) is 0 Å². The van der Waals surface area contributed by atoms with Gasteiger partial charge in [-0.1, -0.05) is 48.0 Å². The smallest absolute Gasteiger partial charge is 0.0648 e. The first-order valence-corrected chi connectivity index (χ1v) is 5.68. The number of rotatable bonds is 3. The Morgan fingerprint density at radius 2 is 1.59 bits per heavy atom. The minimum Gasteiger partial charge on any atom is -0.278 e. The van der Waals surface area contributed by atoms with Crippen molar-refractivity contribution in [2.24, 2.45) is 5.10 Å². The van der Waals surface area contributed by atoms with Crippen molar-refractivity contribution < 1.29 is 0 Å². The molecule has 0 aliphatic rings. The normalized spacial score (nSPS) is 11.3. The molecule has 2 nitrogen and oxygen atoms in total. The van der Waals surface area contributed by atoms with Crippen molar-refractivity contribution in [2.45, 2.75) is 13.8 Å². The van der Waals surface area contributed by atoms with Crippen LogP contribution < -0.4 is 5.43 Å². The standard InChI is InChI=1S/C15H16N2/c1-12-8-10-15(11-9-12)17-16-13(2)14-6-4-3-5-7-14/h3-11,17H,1-2H3. The number of hydrogen-bond acceptors (Lipinski definition) is 2. The van der Waals surface area contributed by atoms with E-state index in [1.165, 1.54) is 5.56 Å². The van der Waals surface area contributed by atoms with Crippen LogP contribution in [0.2, 0.25) is 0 Å². The Bertz CT molecular complexity index is 498. The first-order chi connectivity index (χ1) is 8.25. The monoisotopic (exact) mass is 224 g/mol. The SMILES string of the molecule is CC(=NNc1ccc(C)cc1)c1ccccc1.